The number of unbranched alkanes of at least 4 members (excludes halogenated alkanes) is 24. The molecule has 254 valence electrons. The number of methoxy groups -OCH3 is 1. The fourth-order valence-corrected chi connectivity index (χ4v) is 7.10. The third-order valence-electron chi connectivity index (χ3n) is 9.94. The molecule has 44 heavy (non-hydrogen) atoms. The maximum absolute atomic E-state index is 12.8. The van der Waals surface area contributed by atoms with E-state index in [-0.39, 0.29) is 23.6 Å². The van der Waals surface area contributed by atoms with E-state index >= 15 is 0 Å². The van der Waals surface area contributed by atoms with Crippen molar-refractivity contribution in [3.8, 4) is 11.5 Å². The van der Waals surface area contributed by atoms with Gasteiger partial charge in [0.25, 0.3) is 0 Å². The lowest BCUT2D eigenvalue weighted by atomic mass is 9.88. The second-order valence-corrected chi connectivity index (χ2v) is 13.7. The molecule has 1 aliphatic rings. The van der Waals surface area contributed by atoms with Crippen LogP contribution >= 0.6 is 0 Å². The Morgan fingerprint density at radius 1 is 0.659 bits per heavy atom. The minimum atomic E-state index is -0.0954. The molecule has 1 aliphatic carbocycles. The molecule has 0 heterocycles. The van der Waals surface area contributed by atoms with Crippen molar-refractivity contribution < 1.29 is 19.4 Å². The number of ether oxygens (including phenoxy) is 2. The highest BCUT2D eigenvalue weighted by atomic mass is 16.5. The average Bonchev–Trinajstić information content (AvgIpc) is 3.53. The normalized spacial score (nSPS) is 16.4. The van der Waals surface area contributed by atoms with Gasteiger partial charge in [-0.05, 0) is 42.9 Å². The summed E-state index contributed by atoms with van der Waals surface area (Å²) in [6, 6.07) is 5.50. The van der Waals surface area contributed by atoms with Gasteiger partial charge in [-0.1, -0.05) is 174 Å². The number of rotatable bonds is 29. The van der Waals surface area contributed by atoms with Crippen LogP contribution in [0, 0.1) is 5.92 Å². The summed E-state index contributed by atoms with van der Waals surface area (Å²) in [6.07, 6.45) is 37.6. The zero-order chi connectivity index (χ0) is 31.5. The summed E-state index contributed by atoms with van der Waals surface area (Å²) in [5.74, 6) is 0.577. The first kappa shape index (κ1) is 38.5. The van der Waals surface area contributed by atoms with E-state index in [4.69, 9.17) is 9.47 Å². The average molecular weight is 615 g/mol. The Morgan fingerprint density at radius 3 is 1.50 bits per heavy atom. The van der Waals surface area contributed by atoms with Gasteiger partial charge in [0, 0.05) is 0 Å². The zero-order valence-corrected chi connectivity index (χ0v) is 29.1. The number of hydrogen-bond donors (Lipinski definition) is 1. The van der Waals surface area contributed by atoms with Crippen LogP contribution in [0.5, 0.6) is 11.5 Å². The van der Waals surface area contributed by atoms with E-state index in [1.54, 1.807) is 19.2 Å². The molecule has 1 aromatic carbocycles. The van der Waals surface area contributed by atoms with Gasteiger partial charge >= 0.3 is 5.97 Å². The first-order chi connectivity index (χ1) is 21.7. The van der Waals surface area contributed by atoms with Gasteiger partial charge in [-0.2, -0.15) is 0 Å². The van der Waals surface area contributed by atoms with E-state index < -0.39 is 0 Å². The van der Waals surface area contributed by atoms with Gasteiger partial charge in [0.2, 0.25) is 0 Å². The molecule has 0 bridgehead atoms. The van der Waals surface area contributed by atoms with E-state index in [0.717, 1.165) is 37.7 Å². The van der Waals surface area contributed by atoms with Crippen LogP contribution in [0.25, 0.3) is 0 Å². The Labute approximate surface area is 272 Å². The summed E-state index contributed by atoms with van der Waals surface area (Å²) in [5.41, 5.74) is 1.01. The van der Waals surface area contributed by atoms with Gasteiger partial charge < -0.3 is 14.6 Å². The Hall–Kier alpha value is -1.71. The predicted octanol–water partition coefficient (Wildman–Crippen LogP) is 12.6. The number of benzene rings is 1. The molecule has 0 saturated heterocycles. The highest BCUT2D eigenvalue weighted by Gasteiger charge is 2.35. The van der Waals surface area contributed by atoms with Crippen LogP contribution in [-0.4, -0.2) is 24.8 Å². The smallest absolute Gasteiger partial charge is 0.309 e. The molecule has 4 heteroatoms. The fourth-order valence-electron chi connectivity index (χ4n) is 7.10. The van der Waals surface area contributed by atoms with E-state index in [1.807, 2.05) is 6.07 Å². The molecular weight excluding hydrogens is 544 g/mol. The van der Waals surface area contributed by atoms with Crippen LogP contribution in [0.3, 0.4) is 0 Å². The Bertz CT molecular complexity index is 822. The van der Waals surface area contributed by atoms with Crippen molar-refractivity contribution in [2.24, 2.45) is 5.92 Å². The topological polar surface area (TPSA) is 55.8 Å². The van der Waals surface area contributed by atoms with E-state index in [2.05, 4.69) is 6.92 Å². The van der Waals surface area contributed by atoms with Crippen molar-refractivity contribution in [2.45, 2.75) is 193 Å². The third-order valence-corrected chi connectivity index (χ3v) is 9.94. The number of aromatic hydroxyl groups is 1. The Balaban J connectivity index is 1.30. The van der Waals surface area contributed by atoms with Crippen LogP contribution in [0.4, 0.5) is 0 Å². The largest absolute Gasteiger partial charge is 0.504 e. The quantitative estimate of drug-likeness (QED) is 0.0720. The van der Waals surface area contributed by atoms with Crippen molar-refractivity contribution in [1.29, 1.82) is 0 Å². The second-order valence-electron chi connectivity index (χ2n) is 13.7. The number of carbonyl (C=O) groups excluding carboxylic acids is 1. The highest BCUT2D eigenvalue weighted by Crippen LogP contribution is 2.42. The Morgan fingerprint density at radius 2 is 1.09 bits per heavy atom. The van der Waals surface area contributed by atoms with E-state index in [9.17, 15) is 9.90 Å². The molecule has 0 spiro atoms. The summed E-state index contributed by atoms with van der Waals surface area (Å²) in [5, 5.41) is 10.1. The number of phenols is 1. The first-order valence-electron chi connectivity index (χ1n) is 19.2. The van der Waals surface area contributed by atoms with Crippen molar-refractivity contribution >= 4 is 5.97 Å². The summed E-state index contributed by atoms with van der Waals surface area (Å²) >= 11 is 0. The minimum Gasteiger partial charge on any atom is -0.504 e. The molecule has 1 saturated carbocycles. The lowest BCUT2D eigenvalue weighted by molar-refractivity contribution is -0.149. The molecular formula is C40H70O4. The van der Waals surface area contributed by atoms with E-state index in [0.29, 0.717) is 12.4 Å². The Kier molecular flexibility index (Phi) is 23.2. The van der Waals surface area contributed by atoms with Crippen LogP contribution < -0.4 is 4.74 Å². The van der Waals surface area contributed by atoms with Gasteiger partial charge in [-0.25, -0.2) is 0 Å². The number of hydrogen-bond acceptors (Lipinski definition) is 4. The zero-order valence-electron chi connectivity index (χ0n) is 29.1. The van der Waals surface area contributed by atoms with Gasteiger partial charge in [0.05, 0.1) is 19.6 Å². The first-order valence-corrected chi connectivity index (χ1v) is 19.2. The van der Waals surface area contributed by atoms with Crippen LogP contribution in [0.1, 0.15) is 198 Å². The minimum absolute atomic E-state index is 0.0628. The van der Waals surface area contributed by atoms with Gasteiger partial charge in [0.1, 0.15) is 0 Å². The lowest BCUT2D eigenvalue weighted by Gasteiger charge is -2.19. The molecule has 2 atom stereocenters. The summed E-state index contributed by atoms with van der Waals surface area (Å²) in [6.45, 7) is 2.83. The SMILES string of the molecule is CCCCCCCCCCCCCCCCCCCCCCCCCCCOC(=O)[C@H]1CCC[C@@H]1c1ccc(OC)c(O)c1. The molecule has 0 unspecified atom stereocenters. The lowest BCUT2D eigenvalue weighted by Crippen LogP contribution is -2.21. The molecule has 1 fully saturated rings. The van der Waals surface area contributed by atoms with Crippen molar-refractivity contribution in [3.63, 3.8) is 0 Å². The highest BCUT2D eigenvalue weighted by molar-refractivity contribution is 5.74. The third kappa shape index (κ3) is 17.7. The molecule has 1 aromatic rings. The maximum Gasteiger partial charge on any atom is 0.309 e. The molecule has 0 amide bonds. The van der Waals surface area contributed by atoms with Crippen LogP contribution in [0.2, 0.25) is 0 Å². The number of esters is 1. The molecule has 0 aliphatic heterocycles. The number of carbonyl (C=O) groups is 1. The second kappa shape index (κ2) is 26.5. The maximum atomic E-state index is 12.8. The summed E-state index contributed by atoms with van der Waals surface area (Å²) in [7, 11) is 1.55. The fraction of sp³-hybridized carbons (Fsp3) is 0.825. The summed E-state index contributed by atoms with van der Waals surface area (Å²) < 4.78 is 10.8. The molecule has 1 N–H and O–H groups in total. The van der Waals surface area contributed by atoms with E-state index in [1.165, 1.54) is 148 Å². The number of phenolic OH excluding ortho intramolecular Hbond substituents is 1. The molecule has 0 radical (unpaired) electrons. The van der Waals surface area contributed by atoms with Crippen molar-refractivity contribution in [3.05, 3.63) is 23.8 Å². The molecule has 2 rings (SSSR count). The van der Waals surface area contributed by atoms with Gasteiger partial charge in [0.15, 0.2) is 11.5 Å². The van der Waals surface area contributed by atoms with Crippen molar-refractivity contribution in [1.82, 2.24) is 0 Å². The monoisotopic (exact) mass is 615 g/mol. The predicted molar refractivity (Wildman–Crippen MR) is 187 cm³/mol. The van der Waals surface area contributed by atoms with Crippen LogP contribution in [-0.2, 0) is 9.53 Å². The molecule has 0 aromatic heterocycles. The van der Waals surface area contributed by atoms with Crippen LogP contribution in [0.15, 0.2) is 18.2 Å². The van der Waals surface area contributed by atoms with Crippen molar-refractivity contribution in [2.75, 3.05) is 13.7 Å². The summed E-state index contributed by atoms with van der Waals surface area (Å²) in [4.78, 5) is 12.8. The van der Waals surface area contributed by atoms with Gasteiger partial charge in [-0.3, -0.25) is 4.79 Å². The molecule has 4 nitrogen and oxygen atoms in total. The van der Waals surface area contributed by atoms with Gasteiger partial charge in [-0.15, -0.1) is 0 Å². The standard InChI is InChI=1S/C40H70O4/c1-3-4-5-6-7-8-9-10-11-12-13-14-15-16-17-18-19-20-21-22-23-24-25-26-27-33-44-40(42)37-30-28-29-36(37)35-31-32-39(43-2)38(41)34-35/h31-32,34,36-37,41H,3-30,33H2,1-2H3/t36-,37+/m1/s1.